The number of anilines is 1. The number of amides is 2. The highest BCUT2D eigenvalue weighted by Gasteiger charge is 2.37. The van der Waals surface area contributed by atoms with E-state index in [4.69, 9.17) is 0 Å². The zero-order valence-corrected chi connectivity index (χ0v) is 11.9. The molecule has 0 N–H and O–H groups in total. The van der Waals surface area contributed by atoms with E-state index in [2.05, 4.69) is 4.74 Å². The van der Waals surface area contributed by atoms with E-state index >= 15 is 0 Å². The van der Waals surface area contributed by atoms with Gasteiger partial charge in [-0.1, -0.05) is 30.3 Å². The van der Waals surface area contributed by atoms with Crippen molar-refractivity contribution in [1.82, 2.24) is 0 Å². The summed E-state index contributed by atoms with van der Waals surface area (Å²) in [6.45, 7) is 0. The summed E-state index contributed by atoms with van der Waals surface area (Å²) in [5.74, 6) is -1.18. The molecule has 0 atom stereocenters. The number of hydrogen-bond donors (Lipinski definition) is 0. The summed E-state index contributed by atoms with van der Waals surface area (Å²) in [5, 5.41) is 0. The van der Waals surface area contributed by atoms with Crippen molar-refractivity contribution < 1.29 is 19.1 Å². The molecule has 0 aromatic heterocycles. The standard InChI is InChI=1S/C17H13NO4/c1-22-15(19)10-11-6-2-5-9-14(11)18-16(20)12-7-3-4-8-13(12)17(18)21/h2-9H,10H2,1H3. The van der Waals surface area contributed by atoms with Crippen LogP contribution in [-0.4, -0.2) is 24.9 Å². The summed E-state index contributed by atoms with van der Waals surface area (Å²) in [7, 11) is 1.30. The van der Waals surface area contributed by atoms with Crippen LogP contribution in [0.2, 0.25) is 0 Å². The molecule has 0 radical (unpaired) electrons. The molecule has 2 aromatic rings. The lowest BCUT2D eigenvalue weighted by atomic mass is 10.1. The summed E-state index contributed by atoms with van der Waals surface area (Å²) in [6.07, 6.45) is 0.0000779. The molecule has 0 aliphatic carbocycles. The van der Waals surface area contributed by atoms with Crippen molar-refractivity contribution in [2.45, 2.75) is 6.42 Å². The average Bonchev–Trinajstić information content (AvgIpc) is 2.80. The Morgan fingerprint density at radius 2 is 1.50 bits per heavy atom. The lowest BCUT2D eigenvalue weighted by molar-refractivity contribution is -0.139. The van der Waals surface area contributed by atoms with Crippen molar-refractivity contribution >= 4 is 23.5 Å². The number of nitrogens with zero attached hydrogens (tertiary/aromatic N) is 1. The minimum absolute atomic E-state index is 0.0000779. The Hall–Kier alpha value is -2.95. The first-order valence-electron chi connectivity index (χ1n) is 6.76. The van der Waals surface area contributed by atoms with Gasteiger partial charge in [-0.25, -0.2) is 4.90 Å². The fraction of sp³-hybridized carbons (Fsp3) is 0.118. The second-order valence-electron chi connectivity index (χ2n) is 4.87. The Labute approximate surface area is 127 Å². The first-order valence-corrected chi connectivity index (χ1v) is 6.76. The summed E-state index contributed by atoms with van der Waals surface area (Å²) in [5.41, 5.74) is 1.74. The van der Waals surface area contributed by atoms with Gasteiger partial charge in [0.15, 0.2) is 0 Å². The number of rotatable bonds is 3. The van der Waals surface area contributed by atoms with Crippen LogP contribution in [0.5, 0.6) is 0 Å². The summed E-state index contributed by atoms with van der Waals surface area (Å²) in [6, 6.07) is 13.5. The molecule has 2 amide bonds. The van der Waals surface area contributed by atoms with Gasteiger partial charge in [-0.2, -0.15) is 0 Å². The first-order chi connectivity index (χ1) is 10.6. The van der Waals surface area contributed by atoms with Gasteiger partial charge in [0.05, 0.1) is 30.3 Å². The van der Waals surface area contributed by atoms with E-state index < -0.39 is 5.97 Å². The van der Waals surface area contributed by atoms with Crippen LogP contribution in [0.25, 0.3) is 0 Å². The number of benzene rings is 2. The van der Waals surface area contributed by atoms with Crippen molar-refractivity contribution in [3.63, 3.8) is 0 Å². The van der Waals surface area contributed by atoms with Gasteiger partial charge in [-0.15, -0.1) is 0 Å². The molecular formula is C17H13NO4. The minimum Gasteiger partial charge on any atom is -0.469 e. The number of esters is 1. The van der Waals surface area contributed by atoms with E-state index in [9.17, 15) is 14.4 Å². The van der Waals surface area contributed by atoms with Gasteiger partial charge in [-0.3, -0.25) is 14.4 Å². The number of ether oxygens (including phenoxy) is 1. The maximum atomic E-state index is 12.5. The fourth-order valence-electron chi connectivity index (χ4n) is 2.51. The van der Waals surface area contributed by atoms with Crippen LogP contribution >= 0.6 is 0 Å². The second kappa shape index (κ2) is 5.44. The zero-order valence-electron chi connectivity index (χ0n) is 11.9. The largest absolute Gasteiger partial charge is 0.469 e. The quantitative estimate of drug-likeness (QED) is 0.643. The lowest BCUT2D eigenvalue weighted by Crippen LogP contribution is -2.30. The third-order valence-electron chi connectivity index (χ3n) is 3.59. The average molecular weight is 295 g/mol. The zero-order chi connectivity index (χ0) is 15.7. The molecular weight excluding hydrogens is 282 g/mol. The Bertz CT molecular complexity index is 747. The molecule has 2 aromatic carbocycles. The number of para-hydroxylation sites is 1. The van der Waals surface area contributed by atoms with Crippen LogP contribution in [0.3, 0.4) is 0 Å². The Morgan fingerprint density at radius 1 is 0.955 bits per heavy atom. The number of carbonyl (C=O) groups excluding carboxylic acids is 3. The number of imide groups is 1. The van der Waals surface area contributed by atoms with Gasteiger partial charge in [0.2, 0.25) is 0 Å². The van der Waals surface area contributed by atoms with Crippen LogP contribution in [0, 0.1) is 0 Å². The predicted molar refractivity (Wildman–Crippen MR) is 79.7 cm³/mol. The van der Waals surface area contributed by atoms with E-state index in [0.717, 1.165) is 4.90 Å². The summed E-state index contributed by atoms with van der Waals surface area (Å²) < 4.78 is 4.66. The second-order valence-corrected chi connectivity index (χ2v) is 4.87. The fourth-order valence-corrected chi connectivity index (χ4v) is 2.51. The SMILES string of the molecule is COC(=O)Cc1ccccc1N1C(=O)c2ccccc2C1=O. The predicted octanol–water partition coefficient (Wildman–Crippen LogP) is 2.20. The Kier molecular flexibility index (Phi) is 3.47. The molecule has 22 heavy (non-hydrogen) atoms. The van der Waals surface area contributed by atoms with E-state index in [-0.39, 0.29) is 18.2 Å². The number of fused-ring (bicyclic) bond motifs is 1. The smallest absolute Gasteiger partial charge is 0.310 e. The molecule has 3 rings (SSSR count). The van der Waals surface area contributed by atoms with Gasteiger partial charge in [0, 0.05) is 0 Å². The molecule has 1 aliphatic rings. The number of methoxy groups -OCH3 is 1. The third-order valence-corrected chi connectivity index (χ3v) is 3.59. The van der Waals surface area contributed by atoms with Gasteiger partial charge in [0.25, 0.3) is 11.8 Å². The number of hydrogen-bond acceptors (Lipinski definition) is 4. The minimum atomic E-state index is -0.427. The van der Waals surface area contributed by atoms with Crippen molar-refractivity contribution in [1.29, 1.82) is 0 Å². The molecule has 5 nitrogen and oxygen atoms in total. The maximum Gasteiger partial charge on any atom is 0.310 e. The maximum absolute atomic E-state index is 12.5. The van der Waals surface area contributed by atoms with Gasteiger partial charge in [-0.05, 0) is 23.8 Å². The van der Waals surface area contributed by atoms with Crippen molar-refractivity contribution in [3.8, 4) is 0 Å². The molecule has 110 valence electrons. The monoisotopic (exact) mass is 295 g/mol. The van der Waals surface area contributed by atoms with Crippen LogP contribution in [0.15, 0.2) is 48.5 Å². The molecule has 0 saturated heterocycles. The van der Waals surface area contributed by atoms with Crippen LogP contribution in [-0.2, 0) is 16.0 Å². The Morgan fingerprint density at radius 3 is 2.09 bits per heavy atom. The molecule has 0 fully saturated rings. The summed E-state index contributed by atoms with van der Waals surface area (Å²) in [4.78, 5) is 37.6. The molecule has 0 spiro atoms. The highest BCUT2D eigenvalue weighted by Crippen LogP contribution is 2.30. The van der Waals surface area contributed by atoms with Gasteiger partial charge < -0.3 is 4.74 Å². The third kappa shape index (κ3) is 2.16. The van der Waals surface area contributed by atoms with Crippen molar-refractivity contribution in [2.75, 3.05) is 12.0 Å². The molecule has 0 unspecified atom stereocenters. The lowest BCUT2D eigenvalue weighted by Gasteiger charge is -2.17. The summed E-state index contributed by atoms with van der Waals surface area (Å²) >= 11 is 0. The van der Waals surface area contributed by atoms with Gasteiger partial charge in [0.1, 0.15) is 0 Å². The van der Waals surface area contributed by atoms with Gasteiger partial charge >= 0.3 is 5.97 Å². The topological polar surface area (TPSA) is 63.7 Å². The van der Waals surface area contributed by atoms with Crippen molar-refractivity contribution in [2.24, 2.45) is 0 Å². The molecule has 0 saturated carbocycles. The Balaban J connectivity index is 2.05. The molecule has 5 heteroatoms. The van der Waals surface area contributed by atoms with Crippen LogP contribution < -0.4 is 4.90 Å². The van der Waals surface area contributed by atoms with Crippen LogP contribution in [0.4, 0.5) is 5.69 Å². The van der Waals surface area contributed by atoms with E-state index in [0.29, 0.717) is 22.4 Å². The van der Waals surface area contributed by atoms with Crippen LogP contribution in [0.1, 0.15) is 26.3 Å². The highest BCUT2D eigenvalue weighted by atomic mass is 16.5. The highest BCUT2D eigenvalue weighted by molar-refractivity contribution is 6.34. The number of carbonyl (C=O) groups is 3. The van der Waals surface area contributed by atoms with Crippen molar-refractivity contribution in [3.05, 3.63) is 65.2 Å². The molecule has 0 bridgehead atoms. The van der Waals surface area contributed by atoms with E-state index in [1.807, 2.05) is 0 Å². The molecule has 1 aliphatic heterocycles. The van der Waals surface area contributed by atoms with E-state index in [1.165, 1.54) is 7.11 Å². The van der Waals surface area contributed by atoms with E-state index in [1.54, 1.807) is 48.5 Å². The normalized spacial score (nSPS) is 13.2. The first kappa shape index (κ1) is 14.0. The molecule has 1 heterocycles.